The maximum absolute atomic E-state index is 11.9. The summed E-state index contributed by atoms with van der Waals surface area (Å²) in [5, 5.41) is 0. The Bertz CT molecular complexity index is 453. The number of carbonyl (C=O) groups is 1. The van der Waals surface area contributed by atoms with Crippen LogP contribution in [0.3, 0.4) is 0 Å². The molecular formula is C14H21N3O3. The minimum absolute atomic E-state index is 0.0156. The van der Waals surface area contributed by atoms with Gasteiger partial charge in [0.25, 0.3) is 0 Å². The molecule has 0 aromatic carbocycles. The van der Waals surface area contributed by atoms with E-state index in [0.717, 1.165) is 17.8 Å². The number of hydrogen-bond donors (Lipinski definition) is 0. The first-order valence-electron chi connectivity index (χ1n) is 6.81. The van der Waals surface area contributed by atoms with Gasteiger partial charge in [0.15, 0.2) is 0 Å². The van der Waals surface area contributed by atoms with E-state index < -0.39 is 0 Å². The zero-order valence-corrected chi connectivity index (χ0v) is 12.0. The molecule has 0 spiro atoms. The van der Waals surface area contributed by atoms with Crippen LogP contribution < -0.4 is 0 Å². The molecular weight excluding hydrogens is 258 g/mol. The molecule has 6 heteroatoms. The van der Waals surface area contributed by atoms with Crippen molar-refractivity contribution in [2.75, 3.05) is 40.0 Å². The fourth-order valence-electron chi connectivity index (χ4n) is 2.36. The maximum Gasteiger partial charge on any atom is 0.248 e. The highest BCUT2D eigenvalue weighted by Gasteiger charge is 2.22. The minimum Gasteiger partial charge on any atom is -0.379 e. The van der Waals surface area contributed by atoms with Gasteiger partial charge in [0.2, 0.25) is 5.91 Å². The van der Waals surface area contributed by atoms with Crippen LogP contribution in [-0.2, 0) is 20.7 Å². The molecule has 1 aliphatic heterocycles. The number of rotatable bonds is 4. The lowest BCUT2D eigenvalue weighted by Crippen LogP contribution is -2.38. The molecule has 1 saturated heterocycles. The van der Waals surface area contributed by atoms with Crippen LogP contribution in [-0.4, -0.2) is 60.8 Å². The van der Waals surface area contributed by atoms with Crippen molar-refractivity contribution in [3.8, 4) is 0 Å². The lowest BCUT2D eigenvalue weighted by atomic mass is 10.0. The maximum atomic E-state index is 11.9. The molecule has 110 valence electrons. The van der Waals surface area contributed by atoms with E-state index in [1.165, 1.54) is 7.11 Å². The first kappa shape index (κ1) is 14.9. The molecule has 0 N–H and O–H groups in total. The van der Waals surface area contributed by atoms with Gasteiger partial charge in [-0.15, -0.1) is 0 Å². The van der Waals surface area contributed by atoms with Gasteiger partial charge in [-0.1, -0.05) is 0 Å². The zero-order chi connectivity index (χ0) is 14.4. The van der Waals surface area contributed by atoms with Crippen LogP contribution >= 0.6 is 0 Å². The van der Waals surface area contributed by atoms with E-state index in [0.29, 0.717) is 26.3 Å². The molecule has 2 heterocycles. The Morgan fingerprint density at radius 3 is 3.15 bits per heavy atom. The van der Waals surface area contributed by atoms with Crippen molar-refractivity contribution >= 4 is 5.91 Å². The number of aryl methyl sites for hydroxylation is 1. The Morgan fingerprint density at radius 1 is 1.55 bits per heavy atom. The normalized spacial score (nSPS) is 19.7. The van der Waals surface area contributed by atoms with Crippen molar-refractivity contribution in [2.24, 2.45) is 5.92 Å². The number of amides is 1. The molecule has 1 aromatic rings. The average Bonchev–Trinajstić information content (AvgIpc) is 2.65. The molecule has 1 aromatic heterocycles. The van der Waals surface area contributed by atoms with Crippen molar-refractivity contribution in [3.63, 3.8) is 0 Å². The summed E-state index contributed by atoms with van der Waals surface area (Å²) in [7, 11) is 1.54. The van der Waals surface area contributed by atoms with E-state index in [4.69, 9.17) is 9.47 Å². The predicted molar refractivity (Wildman–Crippen MR) is 73.2 cm³/mol. The summed E-state index contributed by atoms with van der Waals surface area (Å²) in [4.78, 5) is 22.1. The third-order valence-electron chi connectivity index (χ3n) is 3.32. The average molecular weight is 279 g/mol. The van der Waals surface area contributed by atoms with Gasteiger partial charge >= 0.3 is 0 Å². The van der Waals surface area contributed by atoms with E-state index in [1.54, 1.807) is 6.33 Å². The molecule has 1 atom stereocenters. The molecule has 0 bridgehead atoms. The van der Waals surface area contributed by atoms with Crippen LogP contribution in [0.15, 0.2) is 12.4 Å². The van der Waals surface area contributed by atoms with Gasteiger partial charge in [0, 0.05) is 37.5 Å². The topological polar surface area (TPSA) is 64.5 Å². The molecule has 0 saturated carbocycles. The van der Waals surface area contributed by atoms with Crippen LogP contribution in [0.2, 0.25) is 0 Å². The third kappa shape index (κ3) is 4.25. The van der Waals surface area contributed by atoms with Crippen LogP contribution in [0, 0.1) is 12.8 Å². The molecule has 2 rings (SSSR count). The highest BCUT2D eigenvalue weighted by atomic mass is 16.5. The van der Waals surface area contributed by atoms with Gasteiger partial charge in [0.05, 0.1) is 13.2 Å². The van der Waals surface area contributed by atoms with E-state index in [1.807, 2.05) is 17.9 Å². The molecule has 6 nitrogen and oxygen atoms in total. The number of carbonyl (C=O) groups excluding carboxylic acids is 1. The second-order valence-corrected chi connectivity index (χ2v) is 5.07. The number of hydrogen-bond acceptors (Lipinski definition) is 5. The van der Waals surface area contributed by atoms with Crippen LogP contribution in [0.25, 0.3) is 0 Å². The SMILES string of the molecule is COCC(=O)N1CCOCC(Cc2cc(C)ncn2)C1. The molecule has 1 unspecified atom stereocenters. The third-order valence-corrected chi connectivity index (χ3v) is 3.32. The highest BCUT2D eigenvalue weighted by molar-refractivity contribution is 5.77. The second-order valence-electron chi connectivity index (χ2n) is 5.07. The number of nitrogens with zero attached hydrogens (tertiary/aromatic N) is 3. The standard InChI is InChI=1S/C14H21N3O3/c1-11-5-13(16-10-15-11)6-12-7-17(3-4-20-8-12)14(18)9-19-2/h5,10,12H,3-4,6-9H2,1-2H3. The van der Waals surface area contributed by atoms with Crippen molar-refractivity contribution in [2.45, 2.75) is 13.3 Å². The fraction of sp³-hybridized carbons (Fsp3) is 0.643. The lowest BCUT2D eigenvalue weighted by molar-refractivity contribution is -0.135. The number of aromatic nitrogens is 2. The Hall–Kier alpha value is -1.53. The summed E-state index contributed by atoms with van der Waals surface area (Å²) in [5.74, 6) is 0.273. The Kier molecular flexibility index (Phi) is 5.43. The largest absolute Gasteiger partial charge is 0.379 e. The first-order valence-corrected chi connectivity index (χ1v) is 6.81. The first-order chi connectivity index (χ1) is 9.69. The Balaban J connectivity index is 1.98. The van der Waals surface area contributed by atoms with Crippen LogP contribution in [0.1, 0.15) is 11.4 Å². The summed E-state index contributed by atoms with van der Waals surface area (Å²) >= 11 is 0. The molecule has 0 radical (unpaired) electrons. The van der Waals surface area contributed by atoms with Gasteiger partial charge in [-0.3, -0.25) is 4.79 Å². The molecule has 0 aliphatic carbocycles. The van der Waals surface area contributed by atoms with Gasteiger partial charge in [-0.05, 0) is 19.4 Å². The monoisotopic (exact) mass is 279 g/mol. The number of methoxy groups -OCH3 is 1. The summed E-state index contributed by atoms with van der Waals surface area (Å²) in [5.41, 5.74) is 1.95. The van der Waals surface area contributed by atoms with Crippen LogP contribution in [0.5, 0.6) is 0 Å². The van der Waals surface area contributed by atoms with E-state index in [-0.39, 0.29) is 18.4 Å². The summed E-state index contributed by atoms with van der Waals surface area (Å²) in [6.45, 7) is 4.61. The molecule has 1 fully saturated rings. The van der Waals surface area contributed by atoms with Crippen molar-refractivity contribution in [1.29, 1.82) is 0 Å². The Labute approximate surface area is 119 Å². The van der Waals surface area contributed by atoms with Gasteiger partial charge in [-0.25, -0.2) is 9.97 Å². The van der Waals surface area contributed by atoms with Gasteiger partial charge < -0.3 is 14.4 Å². The van der Waals surface area contributed by atoms with Gasteiger partial charge in [-0.2, -0.15) is 0 Å². The summed E-state index contributed by atoms with van der Waals surface area (Å²) in [6.07, 6.45) is 2.37. The van der Waals surface area contributed by atoms with E-state index in [2.05, 4.69) is 9.97 Å². The zero-order valence-electron chi connectivity index (χ0n) is 12.0. The predicted octanol–water partition coefficient (Wildman–Crippen LogP) is 0.449. The summed E-state index contributed by atoms with van der Waals surface area (Å²) < 4.78 is 10.5. The minimum atomic E-state index is 0.0156. The lowest BCUT2D eigenvalue weighted by Gasteiger charge is -2.23. The Morgan fingerprint density at radius 2 is 2.40 bits per heavy atom. The molecule has 20 heavy (non-hydrogen) atoms. The fourth-order valence-corrected chi connectivity index (χ4v) is 2.36. The summed E-state index contributed by atoms with van der Waals surface area (Å²) in [6, 6.07) is 1.98. The molecule has 1 amide bonds. The van der Waals surface area contributed by atoms with Gasteiger partial charge in [0.1, 0.15) is 12.9 Å². The smallest absolute Gasteiger partial charge is 0.248 e. The van der Waals surface area contributed by atoms with E-state index >= 15 is 0 Å². The quantitative estimate of drug-likeness (QED) is 0.800. The van der Waals surface area contributed by atoms with Crippen molar-refractivity contribution < 1.29 is 14.3 Å². The van der Waals surface area contributed by atoms with E-state index in [9.17, 15) is 4.79 Å². The van der Waals surface area contributed by atoms with Crippen molar-refractivity contribution in [1.82, 2.24) is 14.9 Å². The number of ether oxygens (including phenoxy) is 2. The highest BCUT2D eigenvalue weighted by Crippen LogP contribution is 2.13. The second kappa shape index (κ2) is 7.31. The van der Waals surface area contributed by atoms with Crippen molar-refractivity contribution in [3.05, 3.63) is 23.8 Å². The van der Waals surface area contributed by atoms with Crippen LogP contribution in [0.4, 0.5) is 0 Å². The molecule has 1 aliphatic rings.